The zero-order chi connectivity index (χ0) is 14.8. The van der Waals surface area contributed by atoms with Crippen molar-refractivity contribution in [1.82, 2.24) is 4.98 Å². The Hall–Kier alpha value is -2.24. The van der Waals surface area contributed by atoms with E-state index in [0.29, 0.717) is 5.69 Å². The number of hydrogen-bond acceptors (Lipinski definition) is 3. The van der Waals surface area contributed by atoms with Crippen molar-refractivity contribution in [2.24, 2.45) is 0 Å². The molecule has 6 heteroatoms. The van der Waals surface area contributed by atoms with Crippen LogP contribution in [0.1, 0.15) is 16.7 Å². The first-order valence-electron chi connectivity index (χ1n) is 5.99. The summed E-state index contributed by atoms with van der Waals surface area (Å²) < 4.78 is 38.5. The van der Waals surface area contributed by atoms with Crippen LogP contribution in [0.2, 0.25) is 0 Å². The Morgan fingerprint density at radius 1 is 1.20 bits per heavy atom. The second kappa shape index (κ2) is 5.40. The van der Waals surface area contributed by atoms with E-state index in [4.69, 9.17) is 5.73 Å². The molecule has 0 radical (unpaired) electrons. The summed E-state index contributed by atoms with van der Waals surface area (Å²) in [6, 6.07) is 7.60. The molecular weight excluding hydrogens is 267 g/mol. The molecule has 0 bridgehead atoms. The number of aromatic nitrogens is 1. The molecule has 0 amide bonds. The maximum atomic E-state index is 12.8. The molecule has 0 aliphatic rings. The van der Waals surface area contributed by atoms with Gasteiger partial charge in [0.2, 0.25) is 0 Å². The third-order valence-electron chi connectivity index (χ3n) is 3.05. The molecule has 1 aromatic heterocycles. The number of rotatable bonds is 3. The van der Waals surface area contributed by atoms with Crippen LogP contribution >= 0.6 is 0 Å². The van der Waals surface area contributed by atoms with Gasteiger partial charge in [-0.15, -0.1) is 0 Å². The van der Waals surface area contributed by atoms with E-state index < -0.39 is 11.7 Å². The van der Waals surface area contributed by atoms with E-state index in [9.17, 15) is 13.2 Å². The number of anilines is 2. The topological polar surface area (TPSA) is 50.9 Å². The van der Waals surface area contributed by atoms with Gasteiger partial charge in [-0.05, 0) is 36.2 Å². The van der Waals surface area contributed by atoms with Crippen LogP contribution in [0.25, 0.3) is 0 Å². The van der Waals surface area contributed by atoms with Gasteiger partial charge >= 0.3 is 6.18 Å². The SMILES string of the molecule is Cc1c(N)cccc1CNc1ncccc1C(F)(F)F. The first-order chi connectivity index (χ1) is 9.39. The summed E-state index contributed by atoms with van der Waals surface area (Å²) >= 11 is 0. The summed E-state index contributed by atoms with van der Waals surface area (Å²) in [5.41, 5.74) is 7.29. The van der Waals surface area contributed by atoms with Crippen LogP contribution < -0.4 is 11.1 Å². The maximum absolute atomic E-state index is 12.8. The summed E-state index contributed by atoms with van der Waals surface area (Å²) in [4.78, 5) is 3.75. The van der Waals surface area contributed by atoms with Gasteiger partial charge in [-0.2, -0.15) is 13.2 Å². The Balaban J connectivity index is 2.22. The molecule has 0 aliphatic heterocycles. The molecule has 106 valence electrons. The fraction of sp³-hybridized carbons (Fsp3) is 0.214. The zero-order valence-electron chi connectivity index (χ0n) is 10.8. The van der Waals surface area contributed by atoms with Crippen molar-refractivity contribution in [2.45, 2.75) is 19.6 Å². The van der Waals surface area contributed by atoms with Gasteiger partial charge in [-0.25, -0.2) is 4.98 Å². The third-order valence-corrected chi connectivity index (χ3v) is 3.05. The lowest BCUT2D eigenvalue weighted by atomic mass is 10.1. The summed E-state index contributed by atoms with van der Waals surface area (Å²) in [7, 11) is 0. The monoisotopic (exact) mass is 281 g/mol. The van der Waals surface area contributed by atoms with E-state index in [-0.39, 0.29) is 12.4 Å². The highest BCUT2D eigenvalue weighted by Crippen LogP contribution is 2.33. The van der Waals surface area contributed by atoms with Crippen molar-refractivity contribution in [2.75, 3.05) is 11.1 Å². The fourth-order valence-electron chi connectivity index (χ4n) is 1.85. The van der Waals surface area contributed by atoms with Crippen molar-refractivity contribution in [3.63, 3.8) is 0 Å². The minimum atomic E-state index is -4.43. The Labute approximate surface area is 114 Å². The summed E-state index contributed by atoms with van der Waals surface area (Å²) in [5.74, 6) is -0.179. The number of nitrogens with two attached hydrogens (primary N) is 1. The van der Waals surface area contributed by atoms with Gasteiger partial charge in [0.05, 0.1) is 5.56 Å². The Bertz CT molecular complexity index is 609. The second-order valence-corrected chi connectivity index (χ2v) is 4.38. The van der Waals surface area contributed by atoms with E-state index in [1.165, 1.54) is 12.3 Å². The van der Waals surface area contributed by atoms with Crippen LogP contribution in [0.5, 0.6) is 0 Å². The molecule has 0 spiro atoms. The normalized spacial score (nSPS) is 11.4. The zero-order valence-corrected chi connectivity index (χ0v) is 10.8. The highest BCUT2D eigenvalue weighted by Gasteiger charge is 2.33. The molecule has 2 rings (SSSR count). The van der Waals surface area contributed by atoms with E-state index in [0.717, 1.165) is 17.2 Å². The van der Waals surface area contributed by atoms with Crippen molar-refractivity contribution < 1.29 is 13.2 Å². The number of halogens is 3. The average molecular weight is 281 g/mol. The Morgan fingerprint density at radius 2 is 1.95 bits per heavy atom. The molecule has 0 fully saturated rings. The molecule has 20 heavy (non-hydrogen) atoms. The molecule has 3 N–H and O–H groups in total. The van der Waals surface area contributed by atoms with E-state index in [2.05, 4.69) is 10.3 Å². The van der Waals surface area contributed by atoms with Gasteiger partial charge in [-0.3, -0.25) is 0 Å². The standard InChI is InChI=1S/C14H14F3N3/c1-9-10(4-2-6-12(9)18)8-20-13-11(14(15,16)17)5-3-7-19-13/h2-7H,8,18H2,1H3,(H,19,20). The maximum Gasteiger partial charge on any atom is 0.419 e. The van der Waals surface area contributed by atoms with Gasteiger partial charge in [0.1, 0.15) is 5.82 Å². The van der Waals surface area contributed by atoms with Crippen LogP contribution in [-0.4, -0.2) is 4.98 Å². The van der Waals surface area contributed by atoms with Gasteiger partial charge < -0.3 is 11.1 Å². The molecule has 0 aliphatic carbocycles. The fourth-order valence-corrected chi connectivity index (χ4v) is 1.85. The molecule has 0 atom stereocenters. The number of pyridine rings is 1. The minimum Gasteiger partial charge on any atom is -0.399 e. The van der Waals surface area contributed by atoms with Crippen molar-refractivity contribution in [3.05, 3.63) is 53.2 Å². The molecule has 0 saturated heterocycles. The number of benzene rings is 1. The quantitative estimate of drug-likeness (QED) is 0.845. The smallest absolute Gasteiger partial charge is 0.399 e. The lowest BCUT2D eigenvalue weighted by molar-refractivity contribution is -0.137. The highest BCUT2D eigenvalue weighted by molar-refractivity contribution is 5.52. The first kappa shape index (κ1) is 14.2. The molecule has 0 saturated carbocycles. The largest absolute Gasteiger partial charge is 0.419 e. The second-order valence-electron chi connectivity index (χ2n) is 4.38. The van der Waals surface area contributed by atoms with Crippen molar-refractivity contribution in [3.8, 4) is 0 Å². The van der Waals surface area contributed by atoms with Gasteiger partial charge in [0.15, 0.2) is 0 Å². The number of nitrogen functional groups attached to an aromatic ring is 1. The lowest BCUT2D eigenvalue weighted by Crippen LogP contribution is -2.12. The average Bonchev–Trinajstić information content (AvgIpc) is 2.40. The van der Waals surface area contributed by atoms with Gasteiger partial charge in [0.25, 0.3) is 0 Å². The van der Waals surface area contributed by atoms with Crippen LogP contribution in [0.3, 0.4) is 0 Å². The molecule has 0 unspecified atom stereocenters. The van der Waals surface area contributed by atoms with E-state index >= 15 is 0 Å². The van der Waals surface area contributed by atoms with Gasteiger partial charge in [-0.1, -0.05) is 12.1 Å². The van der Waals surface area contributed by atoms with Crippen LogP contribution in [0.4, 0.5) is 24.7 Å². The van der Waals surface area contributed by atoms with Crippen molar-refractivity contribution in [1.29, 1.82) is 0 Å². The van der Waals surface area contributed by atoms with Crippen molar-refractivity contribution >= 4 is 11.5 Å². The predicted molar refractivity (Wildman–Crippen MR) is 72.2 cm³/mol. The first-order valence-corrected chi connectivity index (χ1v) is 5.99. The lowest BCUT2D eigenvalue weighted by Gasteiger charge is -2.14. The summed E-state index contributed by atoms with van der Waals surface area (Å²) in [6.07, 6.45) is -3.11. The number of nitrogens with one attached hydrogen (secondary N) is 1. The van der Waals surface area contributed by atoms with E-state index in [1.54, 1.807) is 12.1 Å². The number of hydrogen-bond donors (Lipinski definition) is 2. The van der Waals surface area contributed by atoms with Crippen LogP contribution in [0, 0.1) is 6.92 Å². The van der Waals surface area contributed by atoms with Gasteiger partial charge in [0, 0.05) is 18.4 Å². The highest BCUT2D eigenvalue weighted by atomic mass is 19.4. The summed E-state index contributed by atoms with van der Waals surface area (Å²) in [6.45, 7) is 2.06. The molecule has 1 heterocycles. The Morgan fingerprint density at radius 3 is 2.65 bits per heavy atom. The third kappa shape index (κ3) is 3.01. The number of alkyl halides is 3. The number of nitrogens with zero attached hydrogens (tertiary/aromatic N) is 1. The van der Waals surface area contributed by atoms with Crippen LogP contribution in [-0.2, 0) is 12.7 Å². The minimum absolute atomic E-state index is 0.179. The van der Waals surface area contributed by atoms with E-state index in [1.807, 2.05) is 13.0 Å². The summed E-state index contributed by atoms with van der Waals surface area (Å²) in [5, 5.41) is 2.72. The Kier molecular flexibility index (Phi) is 3.83. The molecular formula is C14H14F3N3. The predicted octanol–water partition coefficient (Wildman–Crippen LogP) is 3.60. The molecule has 1 aromatic carbocycles. The van der Waals surface area contributed by atoms with Crippen LogP contribution in [0.15, 0.2) is 36.5 Å². The molecule has 2 aromatic rings. The molecule has 3 nitrogen and oxygen atoms in total.